The Morgan fingerprint density at radius 3 is 2.71 bits per heavy atom. The van der Waals surface area contributed by atoms with E-state index in [1.165, 1.54) is 0 Å². The average molecular weight is 421 g/mol. The van der Waals surface area contributed by atoms with Crippen LogP contribution in [0.2, 0.25) is 0 Å². The highest BCUT2D eigenvalue weighted by Gasteiger charge is 2.45. The van der Waals surface area contributed by atoms with Gasteiger partial charge in [-0.3, -0.25) is 14.6 Å². The number of amides is 1. The highest BCUT2D eigenvalue weighted by atomic mass is 16.5. The molecule has 1 amide bonds. The molecule has 1 unspecified atom stereocenters. The zero-order chi connectivity index (χ0) is 22.0. The van der Waals surface area contributed by atoms with Crippen molar-refractivity contribution in [3.63, 3.8) is 0 Å². The third kappa shape index (κ3) is 3.87. The van der Waals surface area contributed by atoms with Gasteiger partial charge >= 0.3 is 0 Å². The van der Waals surface area contributed by atoms with E-state index >= 15 is 0 Å². The minimum Gasteiger partial charge on any atom is -0.507 e. The average Bonchev–Trinajstić information content (AvgIpc) is 3.04. The number of unbranched alkanes of at least 4 members (excludes halogenated alkanes) is 2. The Labute approximate surface area is 182 Å². The second-order valence-corrected chi connectivity index (χ2v) is 7.93. The second kappa shape index (κ2) is 8.79. The molecule has 2 aliphatic heterocycles. The maximum atomic E-state index is 13.0. The summed E-state index contributed by atoms with van der Waals surface area (Å²) >= 11 is 0. The summed E-state index contributed by atoms with van der Waals surface area (Å²) in [6.07, 6.45) is 6.03. The highest BCUT2D eigenvalue weighted by molar-refractivity contribution is 6.46. The van der Waals surface area contributed by atoms with Crippen LogP contribution in [0.5, 0.6) is 5.75 Å². The van der Waals surface area contributed by atoms with Gasteiger partial charge in [-0.1, -0.05) is 19.8 Å². The number of carbonyl (C=O) groups excluding carboxylic acids is 2. The molecular weight excluding hydrogens is 394 g/mol. The Hall–Kier alpha value is -3.35. The normalized spacial score (nSPS) is 20.0. The number of hydrogen-bond donors (Lipinski definition) is 1. The van der Waals surface area contributed by atoms with E-state index in [4.69, 9.17) is 4.74 Å². The monoisotopic (exact) mass is 421 g/mol. The number of rotatable bonds is 6. The number of ketones is 1. The molecule has 0 spiro atoms. The Bertz CT molecular complexity index is 1020. The van der Waals surface area contributed by atoms with Crippen LogP contribution in [0.15, 0.2) is 48.3 Å². The van der Waals surface area contributed by atoms with E-state index in [1.54, 1.807) is 47.6 Å². The standard InChI is InChI=1S/C24H27N3O4/c1-3-4-5-12-27-21(16-8-10-25-11-9-16)20(23(29)24(27)30)22(28)17-6-7-19-18(15-17)26(2)13-14-31-19/h6-11,15,21,28H,3-5,12-14H2,1-2H3/b22-20-. The largest absolute Gasteiger partial charge is 0.507 e. The number of Topliss-reactive ketones (excluding diaryl/α,β-unsaturated/α-hetero) is 1. The zero-order valence-electron chi connectivity index (χ0n) is 17.9. The van der Waals surface area contributed by atoms with Crippen LogP contribution in [-0.4, -0.2) is 53.4 Å². The highest BCUT2D eigenvalue weighted by Crippen LogP contribution is 2.41. The van der Waals surface area contributed by atoms with Crippen LogP contribution >= 0.6 is 0 Å². The lowest BCUT2D eigenvalue weighted by atomic mass is 9.95. The van der Waals surface area contributed by atoms with Crippen molar-refractivity contribution in [3.8, 4) is 5.75 Å². The number of carbonyl (C=O) groups is 2. The van der Waals surface area contributed by atoms with Crippen molar-refractivity contribution in [2.75, 3.05) is 31.6 Å². The first kappa shape index (κ1) is 20.9. The molecule has 7 heteroatoms. The van der Waals surface area contributed by atoms with Gasteiger partial charge < -0.3 is 19.6 Å². The van der Waals surface area contributed by atoms with E-state index in [9.17, 15) is 14.7 Å². The van der Waals surface area contributed by atoms with Crippen LogP contribution in [0.1, 0.15) is 43.4 Å². The molecule has 2 aromatic rings. The molecule has 2 aliphatic rings. The molecule has 1 aromatic heterocycles. The Morgan fingerprint density at radius 1 is 1.19 bits per heavy atom. The lowest BCUT2D eigenvalue weighted by Crippen LogP contribution is -2.30. The molecule has 0 saturated carbocycles. The van der Waals surface area contributed by atoms with Crippen molar-refractivity contribution in [1.29, 1.82) is 0 Å². The van der Waals surface area contributed by atoms with Gasteiger partial charge in [-0.05, 0) is 42.3 Å². The topological polar surface area (TPSA) is 83.0 Å². The molecule has 0 bridgehead atoms. The van der Waals surface area contributed by atoms with Crippen molar-refractivity contribution in [3.05, 3.63) is 59.4 Å². The maximum absolute atomic E-state index is 13.0. The van der Waals surface area contributed by atoms with Crippen LogP contribution in [0.3, 0.4) is 0 Å². The first-order chi connectivity index (χ1) is 15.0. The molecule has 0 radical (unpaired) electrons. The van der Waals surface area contributed by atoms with Gasteiger partial charge in [-0.25, -0.2) is 0 Å². The fraction of sp³-hybridized carbons (Fsp3) is 0.375. The van der Waals surface area contributed by atoms with Crippen molar-refractivity contribution in [1.82, 2.24) is 9.88 Å². The van der Waals surface area contributed by atoms with Gasteiger partial charge in [0, 0.05) is 31.5 Å². The fourth-order valence-corrected chi connectivity index (χ4v) is 4.19. The summed E-state index contributed by atoms with van der Waals surface area (Å²) < 4.78 is 5.68. The lowest BCUT2D eigenvalue weighted by Gasteiger charge is -2.28. The number of aromatic nitrogens is 1. The van der Waals surface area contributed by atoms with Gasteiger partial charge in [0.05, 0.1) is 23.8 Å². The van der Waals surface area contributed by atoms with Crippen molar-refractivity contribution >= 4 is 23.1 Å². The fourth-order valence-electron chi connectivity index (χ4n) is 4.19. The second-order valence-electron chi connectivity index (χ2n) is 7.93. The van der Waals surface area contributed by atoms with E-state index in [0.717, 1.165) is 42.8 Å². The number of hydrogen-bond acceptors (Lipinski definition) is 6. The first-order valence-electron chi connectivity index (χ1n) is 10.7. The number of aliphatic hydroxyl groups is 1. The van der Waals surface area contributed by atoms with Crippen molar-refractivity contribution < 1.29 is 19.4 Å². The first-order valence-corrected chi connectivity index (χ1v) is 10.7. The SMILES string of the molecule is CCCCCN1C(=O)C(=O)/C(=C(\O)c2ccc3c(c2)N(C)CCO3)C1c1ccncc1. The summed E-state index contributed by atoms with van der Waals surface area (Å²) in [5.41, 5.74) is 2.20. The summed E-state index contributed by atoms with van der Waals surface area (Å²) in [6.45, 7) is 3.88. The summed E-state index contributed by atoms with van der Waals surface area (Å²) in [5, 5.41) is 11.2. The molecule has 4 rings (SSSR count). The molecule has 1 saturated heterocycles. The van der Waals surface area contributed by atoms with Crippen LogP contribution in [0.4, 0.5) is 5.69 Å². The van der Waals surface area contributed by atoms with Gasteiger partial charge in [-0.2, -0.15) is 0 Å². The van der Waals surface area contributed by atoms with Crippen LogP contribution in [0, 0.1) is 0 Å². The Balaban J connectivity index is 1.80. The number of ether oxygens (including phenoxy) is 1. The minimum atomic E-state index is -0.655. The van der Waals surface area contributed by atoms with Gasteiger partial charge in [0.25, 0.3) is 11.7 Å². The number of aliphatic hydroxyl groups excluding tert-OH is 1. The van der Waals surface area contributed by atoms with Gasteiger partial charge in [0.1, 0.15) is 18.1 Å². The van der Waals surface area contributed by atoms with Crippen molar-refractivity contribution in [2.45, 2.75) is 32.2 Å². The Morgan fingerprint density at radius 2 is 1.97 bits per heavy atom. The third-order valence-electron chi connectivity index (χ3n) is 5.89. The number of likely N-dealkylation sites (N-methyl/N-ethyl adjacent to an activating group) is 1. The predicted molar refractivity (Wildman–Crippen MR) is 118 cm³/mol. The smallest absolute Gasteiger partial charge is 0.295 e. The number of pyridine rings is 1. The summed E-state index contributed by atoms with van der Waals surface area (Å²) in [6, 6.07) is 8.25. The van der Waals surface area contributed by atoms with Crippen LogP contribution < -0.4 is 9.64 Å². The molecule has 31 heavy (non-hydrogen) atoms. The molecule has 7 nitrogen and oxygen atoms in total. The van der Waals surface area contributed by atoms with Gasteiger partial charge in [0.15, 0.2) is 0 Å². The molecule has 0 aliphatic carbocycles. The quantitative estimate of drug-likeness (QED) is 0.333. The summed E-state index contributed by atoms with van der Waals surface area (Å²) in [5.74, 6) is -0.660. The minimum absolute atomic E-state index is 0.118. The van der Waals surface area contributed by atoms with Crippen LogP contribution in [0.25, 0.3) is 5.76 Å². The number of anilines is 1. The van der Waals surface area contributed by atoms with Crippen LogP contribution in [-0.2, 0) is 9.59 Å². The van der Waals surface area contributed by atoms with E-state index in [0.29, 0.717) is 18.7 Å². The summed E-state index contributed by atoms with van der Waals surface area (Å²) in [7, 11) is 1.95. The maximum Gasteiger partial charge on any atom is 0.295 e. The number of likely N-dealkylation sites (tertiary alicyclic amines) is 1. The van der Waals surface area contributed by atoms with E-state index < -0.39 is 17.7 Å². The molecule has 1 atom stereocenters. The molecule has 1 aromatic carbocycles. The van der Waals surface area contributed by atoms with E-state index in [1.807, 2.05) is 11.9 Å². The molecule has 1 N–H and O–H groups in total. The number of nitrogens with zero attached hydrogens (tertiary/aromatic N) is 3. The zero-order valence-corrected chi connectivity index (χ0v) is 17.9. The molecule has 3 heterocycles. The third-order valence-corrected chi connectivity index (χ3v) is 5.89. The number of fused-ring (bicyclic) bond motifs is 1. The van der Waals surface area contributed by atoms with E-state index in [-0.39, 0.29) is 11.3 Å². The van der Waals surface area contributed by atoms with Crippen molar-refractivity contribution in [2.24, 2.45) is 0 Å². The van der Waals surface area contributed by atoms with E-state index in [2.05, 4.69) is 11.9 Å². The Kier molecular flexibility index (Phi) is 5.93. The summed E-state index contributed by atoms with van der Waals surface area (Å²) in [4.78, 5) is 33.6. The van der Waals surface area contributed by atoms with Gasteiger partial charge in [-0.15, -0.1) is 0 Å². The predicted octanol–water partition coefficient (Wildman–Crippen LogP) is 3.52. The number of benzene rings is 1. The lowest BCUT2D eigenvalue weighted by molar-refractivity contribution is -0.139. The van der Waals surface area contributed by atoms with Gasteiger partial charge in [0.2, 0.25) is 0 Å². The molecule has 1 fully saturated rings. The molecule has 162 valence electrons. The molecular formula is C24H27N3O4.